The average Bonchev–Trinajstić information content (AvgIpc) is 3.06. The van der Waals surface area contributed by atoms with Crippen molar-refractivity contribution in [2.45, 2.75) is 26.2 Å². The molecular formula is C21H25N3O. The molecule has 4 rings (SSSR count). The number of aromatic nitrogens is 2. The van der Waals surface area contributed by atoms with Gasteiger partial charge in [-0.05, 0) is 62.7 Å². The number of fused-ring (bicyclic) bond motifs is 1. The Bertz CT molecular complexity index is 849. The molecule has 0 unspecified atom stereocenters. The van der Waals surface area contributed by atoms with Crippen LogP contribution in [0.4, 0.5) is 0 Å². The van der Waals surface area contributed by atoms with Crippen LogP contribution in [0, 0.1) is 6.92 Å². The van der Waals surface area contributed by atoms with Crippen molar-refractivity contribution < 1.29 is 4.74 Å². The molecule has 4 heteroatoms. The van der Waals surface area contributed by atoms with E-state index in [4.69, 9.17) is 9.72 Å². The summed E-state index contributed by atoms with van der Waals surface area (Å²) in [4.78, 5) is 10.7. The average molecular weight is 335 g/mol. The van der Waals surface area contributed by atoms with Gasteiger partial charge in [0.15, 0.2) is 0 Å². The SMILES string of the molecule is Cc1ccc2nc(-c3ccccc3OCCN3CCCCC3)[nH]c2c1. The Hall–Kier alpha value is -2.33. The van der Waals surface area contributed by atoms with Crippen molar-refractivity contribution in [3.05, 3.63) is 48.0 Å². The van der Waals surface area contributed by atoms with Crippen molar-refractivity contribution in [1.82, 2.24) is 14.9 Å². The predicted molar refractivity (Wildman–Crippen MR) is 102 cm³/mol. The highest BCUT2D eigenvalue weighted by molar-refractivity contribution is 5.81. The Kier molecular flexibility index (Phi) is 4.70. The number of nitrogens with one attached hydrogen (secondary N) is 1. The third-order valence-corrected chi connectivity index (χ3v) is 4.89. The molecule has 1 aliphatic rings. The Labute approximate surface area is 148 Å². The van der Waals surface area contributed by atoms with Crippen LogP contribution in [-0.4, -0.2) is 41.1 Å². The molecule has 2 heterocycles. The second kappa shape index (κ2) is 7.28. The van der Waals surface area contributed by atoms with Crippen molar-refractivity contribution in [2.24, 2.45) is 0 Å². The number of imidazole rings is 1. The summed E-state index contributed by atoms with van der Waals surface area (Å²) >= 11 is 0. The molecule has 130 valence electrons. The van der Waals surface area contributed by atoms with Crippen LogP contribution in [0.2, 0.25) is 0 Å². The molecular weight excluding hydrogens is 310 g/mol. The number of rotatable bonds is 5. The molecule has 1 aromatic heterocycles. The van der Waals surface area contributed by atoms with Gasteiger partial charge in [-0.15, -0.1) is 0 Å². The normalized spacial score (nSPS) is 15.6. The topological polar surface area (TPSA) is 41.1 Å². The lowest BCUT2D eigenvalue weighted by molar-refractivity contribution is 0.183. The lowest BCUT2D eigenvalue weighted by atomic mass is 10.1. The standard InChI is InChI=1S/C21H25N3O/c1-16-9-10-18-19(15-16)23-21(22-18)17-7-3-4-8-20(17)25-14-13-24-11-5-2-6-12-24/h3-4,7-10,15H,2,5-6,11-14H2,1H3,(H,22,23). The number of ether oxygens (including phenoxy) is 1. The highest BCUT2D eigenvalue weighted by atomic mass is 16.5. The van der Waals surface area contributed by atoms with Gasteiger partial charge < -0.3 is 9.72 Å². The number of aryl methyl sites for hydroxylation is 1. The molecule has 0 amide bonds. The lowest BCUT2D eigenvalue weighted by Gasteiger charge is -2.26. The van der Waals surface area contributed by atoms with Crippen molar-refractivity contribution in [2.75, 3.05) is 26.2 Å². The minimum atomic E-state index is 0.719. The van der Waals surface area contributed by atoms with Gasteiger partial charge in [0.05, 0.1) is 16.6 Å². The van der Waals surface area contributed by atoms with E-state index >= 15 is 0 Å². The first kappa shape index (κ1) is 16.2. The number of nitrogens with zero attached hydrogens (tertiary/aromatic N) is 2. The van der Waals surface area contributed by atoms with Gasteiger partial charge in [0.2, 0.25) is 0 Å². The van der Waals surface area contributed by atoms with E-state index in [1.165, 1.54) is 37.9 Å². The number of benzene rings is 2. The molecule has 0 radical (unpaired) electrons. The molecule has 0 spiro atoms. The van der Waals surface area contributed by atoms with Crippen LogP contribution in [0.5, 0.6) is 5.75 Å². The van der Waals surface area contributed by atoms with Crippen molar-refractivity contribution in [3.8, 4) is 17.1 Å². The third kappa shape index (κ3) is 3.69. The van der Waals surface area contributed by atoms with Gasteiger partial charge in [0, 0.05) is 6.54 Å². The summed E-state index contributed by atoms with van der Waals surface area (Å²) in [5.41, 5.74) is 4.31. The molecule has 3 aromatic rings. The van der Waals surface area contributed by atoms with E-state index < -0.39 is 0 Å². The van der Waals surface area contributed by atoms with E-state index in [-0.39, 0.29) is 0 Å². The van der Waals surface area contributed by atoms with Crippen LogP contribution in [-0.2, 0) is 0 Å². The first-order valence-electron chi connectivity index (χ1n) is 9.20. The van der Waals surface area contributed by atoms with Gasteiger partial charge in [0.1, 0.15) is 18.2 Å². The van der Waals surface area contributed by atoms with Gasteiger partial charge in [-0.3, -0.25) is 4.90 Å². The van der Waals surface area contributed by atoms with E-state index in [0.717, 1.165) is 41.3 Å². The lowest BCUT2D eigenvalue weighted by Crippen LogP contribution is -2.33. The van der Waals surface area contributed by atoms with E-state index in [2.05, 4.69) is 41.1 Å². The highest BCUT2D eigenvalue weighted by Crippen LogP contribution is 2.29. The Morgan fingerprint density at radius 2 is 1.92 bits per heavy atom. The second-order valence-corrected chi connectivity index (χ2v) is 6.85. The van der Waals surface area contributed by atoms with Crippen LogP contribution in [0.3, 0.4) is 0 Å². The molecule has 25 heavy (non-hydrogen) atoms. The van der Waals surface area contributed by atoms with Crippen LogP contribution < -0.4 is 4.74 Å². The molecule has 0 bridgehead atoms. The summed E-state index contributed by atoms with van der Waals surface area (Å²) in [6.45, 7) is 6.21. The number of hydrogen-bond donors (Lipinski definition) is 1. The zero-order valence-electron chi connectivity index (χ0n) is 14.8. The summed E-state index contributed by atoms with van der Waals surface area (Å²) in [5.74, 6) is 1.77. The minimum absolute atomic E-state index is 0.719. The number of H-pyrrole nitrogens is 1. The molecule has 4 nitrogen and oxygen atoms in total. The van der Waals surface area contributed by atoms with Gasteiger partial charge in [-0.2, -0.15) is 0 Å². The van der Waals surface area contributed by atoms with Gasteiger partial charge >= 0.3 is 0 Å². The maximum absolute atomic E-state index is 6.11. The Balaban J connectivity index is 1.51. The van der Waals surface area contributed by atoms with Crippen molar-refractivity contribution >= 4 is 11.0 Å². The van der Waals surface area contributed by atoms with E-state index in [1.807, 2.05) is 18.2 Å². The van der Waals surface area contributed by atoms with Gasteiger partial charge in [-0.1, -0.05) is 24.6 Å². The predicted octanol–water partition coefficient (Wildman–Crippen LogP) is 4.40. The number of hydrogen-bond acceptors (Lipinski definition) is 3. The molecule has 0 aliphatic carbocycles. The van der Waals surface area contributed by atoms with Gasteiger partial charge in [-0.25, -0.2) is 4.98 Å². The maximum Gasteiger partial charge on any atom is 0.142 e. The highest BCUT2D eigenvalue weighted by Gasteiger charge is 2.13. The summed E-state index contributed by atoms with van der Waals surface area (Å²) in [5, 5.41) is 0. The Morgan fingerprint density at radius 3 is 2.80 bits per heavy atom. The smallest absolute Gasteiger partial charge is 0.142 e. The first-order valence-corrected chi connectivity index (χ1v) is 9.20. The number of aromatic amines is 1. The zero-order chi connectivity index (χ0) is 17.1. The third-order valence-electron chi connectivity index (χ3n) is 4.89. The summed E-state index contributed by atoms with van der Waals surface area (Å²) in [6.07, 6.45) is 4.00. The molecule has 2 aromatic carbocycles. The molecule has 0 saturated carbocycles. The van der Waals surface area contributed by atoms with Gasteiger partial charge in [0.25, 0.3) is 0 Å². The monoisotopic (exact) mass is 335 g/mol. The summed E-state index contributed by atoms with van der Waals surface area (Å²) in [7, 11) is 0. The molecule has 1 saturated heterocycles. The quantitative estimate of drug-likeness (QED) is 0.751. The van der Waals surface area contributed by atoms with Crippen LogP contribution in [0.15, 0.2) is 42.5 Å². The Morgan fingerprint density at radius 1 is 1.08 bits per heavy atom. The molecule has 1 aliphatic heterocycles. The number of para-hydroxylation sites is 1. The fourth-order valence-electron chi connectivity index (χ4n) is 3.51. The largest absolute Gasteiger partial charge is 0.491 e. The zero-order valence-corrected chi connectivity index (χ0v) is 14.8. The fourth-order valence-corrected chi connectivity index (χ4v) is 3.51. The van der Waals surface area contributed by atoms with E-state index in [9.17, 15) is 0 Å². The van der Waals surface area contributed by atoms with Crippen molar-refractivity contribution in [3.63, 3.8) is 0 Å². The van der Waals surface area contributed by atoms with E-state index in [0.29, 0.717) is 0 Å². The van der Waals surface area contributed by atoms with Crippen LogP contribution >= 0.6 is 0 Å². The molecule has 0 atom stereocenters. The summed E-state index contributed by atoms with van der Waals surface area (Å²) < 4.78 is 6.11. The maximum atomic E-state index is 6.11. The van der Waals surface area contributed by atoms with Crippen molar-refractivity contribution in [1.29, 1.82) is 0 Å². The van der Waals surface area contributed by atoms with Crippen LogP contribution in [0.25, 0.3) is 22.4 Å². The fraction of sp³-hybridized carbons (Fsp3) is 0.381. The number of piperidine rings is 1. The van der Waals surface area contributed by atoms with E-state index in [1.54, 1.807) is 0 Å². The first-order chi connectivity index (χ1) is 12.3. The number of likely N-dealkylation sites (tertiary alicyclic amines) is 1. The summed E-state index contributed by atoms with van der Waals surface area (Å²) in [6, 6.07) is 14.4. The van der Waals surface area contributed by atoms with Crippen LogP contribution in [0.1, 0.15) is 24.8 Å². The second-order valence-electron chi connectivity index (χ2n) is 6.85. The molecule has 1 N–H and O–H groups in total. The molecule has 1 fully saturated rings. The minimum Gasteiger partial charge on any atom is -0.491 e.